The van der Waals surface area contributed by atoms with Crippen molar-refractivity contribution in [1.82, 2.24) is 15.2 Å². The van der Waals surface area contributed by atoms with E-state index >= 15 is 0 Å². The number of nitrogens with zero attached hydrogens (tertiary/aromatic N) is 3. The lowest BCUT2D eigenvalue weighted by Crippen LogP contribution is -2.21. The Morgan fingerprint density at radius 3 is 2.46 bits per heavy atom. The first-order valence-corrected chi connectivity index (χ1v) is 8.77. The smallest absolute Gasteiger partial charge is 0.290 e. The first-order valence-electron chi connectivity index (χ1n) is 8.77. The number of benzene rings is 2. The highest BCUT2D eigenvalue weighted by atomic mass is 16.3. The maximum Gasteiger partial charge on any atom is 0.290 e. The van der Waals surface area contributed by atoms with Gasteiger partial charge in [-0.25, -0.2) is 10.1 Å². The third-order valence-corrected chi connectivity index (χ3v) is 4.09. The summed E-state index contributed by atoms with van der Waals surface area (Å²) in [5.41, 5.74) is 4.50. The van der Waals surface area contributed by atoms with E-state index < -0.39 is 5.91 Å². The van der Waals surface area contributed by atoms with Gasteiger partial charge in [0.15, 0.2) is 0 Å². The van der Waals surface area contributed by atoms with Crippen LogP contribution in [0.2, 0.25) is 0 Å². The fourth-order valence-corrected chi connectivity index (χ4v) is 2.53. The van der Waals surface area contributed by atoms with Gasteiger partial charge in [0.05, 0.1) is 17.6 Å². The molecule has 0 spiro atoms. The van der Waals surface area contributed by atoms with Crippen LogP contribution < -0.4 is 5.43 Å². The Hall–Kier alpha value is -3.61. The summed E-state index contributed by atoms with van der Waals surface area (Å²) >= 11 is 0. The number of hydrogen-bond acceptors (Lipinski definition) is 5. The maximum atomic E-state index is 12.7. The van der Waals surface area contributed by atoms with Crippen molar-refractivity contribution in [3.63, 3.8) is 0 Å². The Labute approximate surface area is 163 Å². The van der Waals surface area contributed by atoms with E-state index in [9.17, 15) is 15.0 Å². The topological polar surface area (TPSA) is 99.7 Å². The summed E-state index contributed by atoms with van der Waals surface area (Å²) in [6.45, 7) is 6.08. The normalized spacial score (nSPS) is 11.7. The summed E-state index contributed by atoms with van der Waals surface area (Å²) in [6, 6.07) is 15.2. The predicted octanol–water partition coefficient (Wildman–Crippen LogP) is 3.34. The highest BCUT2D eigenvalue weighted by Gasteiger charge is 2.23. The van der Waals surface area contributed by atoms with Crippen LogP contribution in [0.4, 0.5) is 0 Å². The molecular weight excluding hydrogens is 356 g/mol. The number of para-hydroxylation sites is 1. The highest BCUT2D eigenvalue weighted by molar-refractivity contribution is 5.94. The molecule has 1 aromatic heterocycles. The second kappa shape index (κ2) is 7.56. The van der Waals surface area contributed by atoms with E-state index in [0.717, 1.165) is 11.4 Å². The average molecular weight is 378 g/mol. The Balaban J connectivity index is 1.88. The van der Waals surface area contributed by atoms with Gasteiger partial charge in [0.1, 0.15) is 17.2 Å². The van der Waals surface area contributed by atoms with Crippen molar-refractivity contribution in [3.05, 3.63) is 71.5 Å². The third kappa shape index (κ3) is 4.20. The minimum absolute atomic E-state index is 0.0554. The number of phenols is 2. The number of aromatic nitrogens is 2. The lowest BCUT2D eigenvalue weighted by Gasteiger charge is -2.14. The van der Waals surface area contributed by atoms with Crippen LogP contribution in [0, 0.1) is 0 Å². The number of carbonyl (C=O) groups excluding carboxylic acids is 1. The minimum atomic E-state index is -0.429. The number of rotatable bonds is 4. The van der Waals surface area contributed by atoms with Crippen LogP contribution in [-0.2, 0) is 5.41 Å². The summed E-state index contributed by atoms with van der Waals surface area (Å²) in [4.78, 5) is 12.7. The molecule has 1 amide bonds. The molecular formula is C21H22N4O3. The quantitative estimate of drug-likeness (QED) is 0.479. The van der Waals surface area contributed by atoms with E-state index in [1.54, 1.807) is 10.7 Å². The van der Waals surface area contributed by atoms with Crippen LogP contribution in [0.15, 0.2) is 59.7 Å². The third-order valence-electron chi connectivity index (χ3n) is 4.09. The molecule has 0 aliphatic carbocycles. The molecule has 0 bridgehead atoms. The number of hydrazone groups is 1. The Bertz CT molecular complexity index is 1020. The van der Waals surface area contributed by atoms with Crippen molar-refractivity contribution in [2.45, 2.75) is 26.2 Å². The zero-order valence-electron chi connectivity index (χ0n) is 15.9. The van der Waals surface area contributed by atoms with Gasteiger partial charge in [-0.2, -0.15) is 10.2 Å². The molecule has 0 radical (unpaired) electrons. The minimum Gasteiger partial charge on any atom is -0.508 e. The molecule has 0 saturated carbocycles. The molecule has 3 rings (SSSR count). The van der Waals surface area contributed by atoms with Gasteiger partial charge < -0.3 is 10.2 Å². The fraction of sp³-hybridized carbons (Fsp3) is 0.190. The highest BCUT2D eigenvalue weighted by Crippen LogP contribution is 2.24. The molecule has 3 N–H and O–H groups in total. The van der Waals surface area contributed by atoms with E-state index in [1.807, 2.05) is 51.1 Å². The number of nitrogens with one attached hydrogen (secondary N) is 1. The molecule has 0 fully saturated rings. The van der Waals surface area contributed by atoms with Gasteiger partial charge in [0.2, 0.25) is 0 Å². The second-order valence-electron chi connectivity index (χ2n) is 7.35. The molecule has 144 valence electrons. The summed E-state index contributed by atoms with van der Waals surface area (Å²) in [5, 5.41) is 27.6. The standard InChI is InChI=1S/C21H22N4O3/c1-21(2,3)19-12-17(25(24-19)15-7-5-4-6-8-15)20(28)23-22-13-14-9-10-16(26)11-18(14)27/h4-13,26-27H,1-3H3,(H,23,28)/b22-13+. The number of carbonyl (C=O) groups is 1. The molecule has 2 aromatic carbocycles. The van der Waals surface area contributed by atoms with Crippen LogP contribution in [0.3, 0.4) is 0 Å². The Morgan fingerprint density at radius 2 is 1.82 bits per heavy atom. The summed E-state index contributed by atoms with van der Waals surface area (Å²) in [5.74, 6) is -0.621. The van der Waals surface area contributed by atoms with Gasteiger partial charge in [0, 0.05) is 17.0 Å². The summed E-state index contributed by atoms with van der Waals surface area (Å²) < 4.78 is 1.59. The maximum absolute atomic E-state index is 12.7. The zero-order valence-corrected chi connectivity index (χ0v) is 15.9. The van der Waals surface area contributed by atoms with Crippen LogP contribution in [0.1, 0.15) is 42.5 Å². The number of phenolic OH excluding ortho intramolecular Hbond substituents is 2. The molecule has 0 unspecified atom stereocenters. The SMILES string of the molecule is CC(C)(C)c1cc(C(=O)N/N=C/c2ccc(O)cc2O)n(-c2ccccc2)n1. The van der Waals surface area contributed by atoms with Gasteiger partial charge in [-0.15, -0.1) is 0 Å². The van der Waals surface area contributed by atoms with E-state index in [2.05, 4.69) is 15.6 Å². The van der Waals surface area contributed by atoms with Crippen molar-refractivity contribution < 1.29 is 15.0 Å². The average Bonchev–Trinajstić information content (AvgIpc) is 3.10. The van der Waals surface area contributed by atoms with Gasteiger partial charge >= 0.3 is 0 Å². The molecule has 1 heterocycles. The van der Waals surface area contributed by atoms with E-state index in [1.165, 1.54) is 24.4 Å². The first kappa shape index (κ1) is 19.2. The number of aromatic hydroxyl groups is 2. The van der Waals surface area contributed by atoms with Crippen LogP contribution in [0.25, 0.3) is 5.69 Å². The van der Waals surface area contributed by atoms with Crippen molar-refractivity contribution in [2.75, 3.05) is 0 Å². The number of amides is 1. The molecule has 0 aliphatic rings. The molecule has 0 aliphatic heterocycles. The van der Waals surface area contributed by atoms with Gasteiger partial charge in [-0.05, 0) is 30.3 Å². The van der Waals surface area contributed by atoms with Crippen LogP contribution in [0.5, 0.6) is 11.5 Å². The van der Waals surface area contributed by atoms with Gasteiger partial charge in [0.25, 0.3) is 5.91 Å². The first-order chi connectivity index (χ1) is 13.3. The van der Waals surface area contributed by atoms with Crippen LogP contribution in [-0.4, -0.2) is 32.1 Å². The second-order valence-corrected chi connectivity index (χ2v) is 7.35. The molecule has 0 atom stereocenters. The monoisotopic (exact) mass is 378 g/mol. The van der Waals surface area contributed by atoms with Crippen molar-refractivity contribution in [1.29, 1.82) is 0 Å². The predicted molar refractivity (Wildman–Crippen MR) is 107 cm³/mol. The number of hydrogen-bond donors (Lipinski definition) is 3. The molecule has 7 nitrogen and oxygen atoms in total. The van der Waals surface area contributed by atoms with E-state index in [4.69, 9.17) is 0 Å². The van der Waals surface area contributed by atoms with E-state index in [-0.39, 0.29) is 16.9 Å². The van der Waals surface area contributed by atoms with Crippen molar-refractivity contribution >= 4 is 12.1 Å². The Morgan fingerprint density at radius 1 is 1.11 bits per heavy atom. The fourth-order valence-electron chi connectivity index (χ4n) is 2.53. The Kier molecular flexibility index (Phi) is 5.17. The summed E-state index contributed by atoms with van der Waals surface area (Å²) in [7, 11) is 0. The van der Waals surface area contributed by atoms with Gasteiger partial charge in [-0.1, -0.05) is 39.0 Å². The van der Waals surface area contributed by atoms with Gasteiger partial charge in [-0.3, -0.25) is 4.79 Å². The van der Waals surface area contributed by atoms with E-state index in [0.29, 0.717) is 11.3 Å². The molecule has 0 saturated heterocycles. The lowest BCUT2D eigenvalue weighted by atomic mass is 9.92. The van der Waals surface area contributed by atoms with Crippen molar-refractivity contribution in [2.24, 2.45) is 5.10 Å². The van der Waals surface area contributed by atoms with Crippen LogP contribution >= 0.6 is 0 Å². The van der Waals surface area contributed by atoms with Crippen molar-refractivity contribution in [3.8, 4) is 17.2 Å². The molecule has 28 heavy (non-hydrogen) atoms. The lowest BCUT2D eigenvalue weighted by molar-refractivity contribution is 0.0947. The molecule has 7 heteroatoms. The molecule has 3 aromatic rings. The largest absolute Gasteiger partial charge is 0.508 e. The zero-order chi connectivity index (χ0) is 20.3. The summed E-state index contributed by atoms with van der Waals surface area (Å²) in [6.07, 6.45) is 1.31.